The number of benzene rings is 3. The van der Waals surface area contributed by atoms with Crippen molar-refractivity contribution in [3.8, 4) is 28.0 Å². The summed E-state index contributed by atoms with van der Waals surface area (Å²) in [5.41, 5.74) is 6.13. The highest BCUT2D eigenvalue weighted by atomic mass is 35.5. The maximum absolute atomic E-state index is 12.1. The number of nitrogens with one attached hydrogen (secondary N) is 2. The van der Waals surface area contributed by atoms with Crippen LogP contribution in [-0.4, -0.2) is 35.6 Å². The number of amides is 1. The smallest absolute Gasteiger partial charge is 0.305 e. The van der Waals surface area contributed by atoms with Gasteiger partial charge in [-0.3, -0.25) is 14.6 Å². The molecular formula is C29H26ClN3O4. The second-order valence-electron chi connectivity index (χ2n) is 8.34. The number of aromatic nitrogens is 1. The highest BCUT2D eigenvalue weighted by Crippen LogP contribution is 2.27. The number of carbonyl (C=O) groups excluding carboxylic acids is 1. The molecule has 4 aromatic rings. The second-order valence-corrected chi connectivity index (χ2v) is 8.78. The van der Waals surface area contributed by atoms with Gasteiger partial charge in [-0.25, -0.2) is 0 Å². The lowest BCUT2D eigenvalue weighted by Crippen LogP contribution is -2.26. The first kappa shape index (κ1) is 25.7. The van der Waals surface area contributed by atoms with E-state index < -0.39 is 11.9 Å². The first-order chi connectivity index (χ1) is 17.9. The number of methoxy groups -OCH3 is 1. The molecule has 3 N–H and O–H groups in total. The normalized spacial score (nSPS) is 10.5. The summed E-state index contributed by atoms with van der Waals surface area (Å²) in [7, 11) is 1.65. The summed E-state index contributed by atoms with van der Waals surface area (Å²) in [6, 6.07) is 25.3. The Morgan fingerprint density at radius 2 is 1.57 bits per heavy atom. The van der Waals surface area contributed by atoms with Gasteiger partial charge in [0.1, 0.15) is 11.4 Å². The molecule has 0 fully saturated rings. The summed E-state index contributed by atoms with van der Waals surface area (Å²) in [6.07, 6.45) is 1.46. The van der Waals surface area contributed by atoms with E-state index in [1.165, 1.54) is 0 Å². The van der Waals surface area contributed by atoms with Crippen molar-refractivity contribution in [1.29, 1.82) is 0 Å². The zero-order valence-corrected chi connectivity index (χ0v) is 21.0. The van der Waals surface area contributed by atoms with Gasteiger partial charge in [0.25, 0.3) is 5.91 Å². The molecule has 3 aromatic carbocycles. The minimum Gasteiger partial charge on any atom is -0.497 e. The number of carboxylic acid groups (broad SMARTS) is 1. The molecule has 1 heterocycles. The minimum absolute atomic E-state index is 0.0481. The van der Waals surface area contributed by atoms with Gasteiger partial charge >= 0.3 is 5.97 Å². The van der Waals surface area contributed by atoms with Crippen LogP contribution in [0.4, 0.5) is 5.69 Å². The molecule has 1 aromatic heterocycles. The molecule has 0 bridgehead atoms. The number of hydrogen-bond acceptors (Lipinski definition) is 5. The maximum atomic E-state index is 12.1. The number of rotatable bonds is 10. The first-order valence-corrected chi connectivity index (χ1v) is 12.0. The second kappa shape index (κ2) is 12.1. The lowest BCUT2D eigenvalue weighted by atomic mass is 10.0. The topological polar surface area (TPSA) is 101 Å². The molecule has 0 radical (unpaired) electrons. The van der Waals surface area contributed by atoms with Gasteiger partial charge in [0.2, 0.25) is 0 Å². The summed E-state index contributed by atoms with van der Waals surface area (Å²) in [6.45, 7) is 0.624. The number of anilines is 1. The predicted molar refractivity (Wildman–Crippen MR) is 145 cm³/mol. The van der Waals surface area contributed by atoms with Crippen molar-refractivity contribution in [2.75, 3.05) is 19.0 Å². The third-order valence-corrected chi connectivity index (χ3v) is 5.93. The largest absolute Gasteiger partial charge is 0.497 e. The molecule has 0 unspecified atom stereocenters. The zero-order valence-electron chi connectivity index (χ0n) is 20.2. The van der Waals surface area contributed by atoms with Crippen molar-refractivity contribution < 1.29 is 19.4 Å². The van der Waals surface area contributed by atoms with E-state index in [9.17, 15) is 9.59 Å². The Morgan fingerprint density at radius 1 is 0.892 bits per heavy atom. The monoisotopic (exact) mass is 515 g/mol. The summed E-state index contributed by atoms with van der Waals surface area (Å²) in [5.74, 6) is -0.560. The van der Waals surface area contributed by atoms with E-state index in [1.807, 2.05) is 54.6 Å². The molecule has 0 saturated heterocycles. The zero-order chi connectivity index (χ0) is 26.2. The standard InChI is InChI=1S/C29H26ClN3O4/c1-37-26-9-4-21(5-10-26)20-2-7-25(8-3-20)32-17-19-14-23(16-24(30)15-19)22-6-11-27(33-18-22)29(36)31-13-12-28(34)35/h2-11,14-16,18,32H,12-13,17H2,1H3,(H,31,36)(H,34,35). The first-order valence-electron chi connectivity index (χ1n) is 11.7. The molecule has 0 saturated carbocycles. The Hall–Kier alpha value is -4.36. The van der Waals surface area contributed by atoms with Gasteiger partial charge in [-0.05, 0) is 70.8 Å². The van der Waals surface area contributed by atoms with Gasteiger partial charge in [-0.2, -0.15) is 0 Å². The van der Waals surface area contributed by atoms with Crippen molar-refractivity contribution in [3.63, 3.8) is 0 Å². The molecular weight excluding hydrogens is 490 g/mol. The van der Waals surface area contributed by atoms with Crippen molar-refractivity contribution >= 4 is 29.2 Å². The molecule has 0 aliphatic carbocycles. The number of carboxylic acids is 1. The molecule has 188 valence electrons. The van der Waals surface area contributed by atoms with E-state index in [0.717, 1.165) is 39.3 Å². The van der Waals surface area contributed by atoms with E-state index >= 15 is 0 Å². The number of nitrogens with zero attached hydrogens (tertiary/aromatic N) is 1. The predicted octanol–water partition coefficient (Wildman–Crippen LogP) is 5.89. The maximum Gasteiger partial charge on any atom is 0.305 e. The summed E-state index contributed by atoms with van der Waals surface area (Å²) >= 11 is 6.39. The van der Waals surface area contributed by atoms with Gasteiger partial charge < -0.3 is 20.5 Å². The molecule has 0 spiro atoms. The van der Waals surface area contributed by atoms with Gasteiger partial charge in [-0.15, -0.1) is 0 Å². The van der Waals surface area contributed by atoms with Gasteiger partial charge in [-0.1, -0.05) is 41.9 Å². The average Bonchev–Trinajstić information content (AvgIpc) is 2.92. The van der Waals surface area contributed by atoms with Gasteiger partial charge in [0, 0.05) is 35.6 Å². The summed E-state index contributed by atoms with van der Waals surface area (Å²) in [4.78, 5) is 27.0. The van der Waals surface area contributed by atoms with Crippen LogP contribution in [0, 0.1) is 0 Å². The van der Waals surface area contributed by atoms with Crippen LogP contribution in [0.25, 0.3) is 22.3 Å². The van der Waals surface area contributed by atoms with Crippen LogP contribution in [0.1, 0.15) is 22.5 Å². The van der Waals surface area contributed by atoms with Crippen LogP contribution < -0.4 is 15.4 Å². The Bertz CT molecular complexity index is 1370. The van der Waals surface area contributed by atoms with E-state index in [-0.39, 0.29) is 18.7 Å². The lowest BCUT2D eigenvalue weighted by Gasteiger charge is -2.11. The Kier molecular flexibility index (Phi) is 8.38. The van der Waals surface area contributed by atoms with Crippen LogP contribution in [0.5, 0.6) is 5.75 Å². The van der Waals surface area contributed by atoms with Crippen LogP contribution in [-0.2, 0) is 11.3 Å². The number of aliphatic carboxylic acids is 1. The van der Waals surface area contributed by atoms with Crippen molar-refractivity contribution in [2.24, 2.45) is 0 Å². The third-order valence-electron chi connectivity index (χ3n) is 5.72. The molecule has 0 aliphatic heterocycles. The third kappa shape index (κ3) is 7.08. The number of ether oxygens (including phenoxy) is 1. The summed E-state index contributed by atoms with van der Waals surface area (Å²) < 4.78 is 5.22. The lowest BCUT2D eigenvalue weighted by molar-refractivity contribution is -0.136. The fourth-order valence-corrected chi connectivity index (χ4v) is 4.02. The molecule has 8 heteroatoms. The highest BCUT2D eigenvalue weighted by Gasteiger charge is 2.09. The van der Waals surface area contributed by atoms with E-state index in [1.54, 1.807) is 25.4 Å². The van der Waals surface area contributed by atoms with Crippen LogP contribution in [0.2, 0.25) is 5.02 Å². The minimum atomic E-state index is -0.972. The van der Waals surface area contributed by atoms with Crippen LogP contribution in [0.15, 0.2) is 85.1 Å². The van der Waals surface area contributed by atoms with Gasteiger partial charge in [0.15, 0.2) is 0 Å². The average molecular weight is 516 g/mol. The SMILES string of the molecule is COc1ccc(-c2ccc(NCc3cc(Cl)cc(-c4ccc(C(=O)NCCC(=O)O)nc4)c3)cc2)cc1. The van der Waals surface area contributed by atoms with E-state index in [0.29, 0.717) is 11.6 Å². The molecule has 4 rings (SSSR count). The number of halogens is 1. The Labute approximate surface area is 220 Å². The quantitative estimate of drug-likeness (QED) is 0.243. The number of carbonyl (C=O) groups is 2. The Balaban J connectivity index is 1.39. The molecule has 7 nitrogen and oxygen atoms in total. The fourth-order valence-electron chi connectivity index (χ4n) is 3.76. The number of hydrogen-bond donors (Lipinski definition) is 3. The molecule has 37 heavy (non-hydrogen) atoms. The molecule has 0 atom stereocenters. The van der Waals surface area contributed by atoms with Crippen molar-refractivity contribution in [1.82, 2.24) is 10.3 Å². The highest BCUT2D eigenvalue weighted by molar-refractivity contribution is 6.31. The van der Waals surface area contributed by atoms with Crippen LogP contribution in [0.3, 0.4) is 0 Å². The van der Waals surface area contributed by atoms with Crippen molar-refractivity contribution in [2.45, 2.75) is 13.0 Å². The van der Waals surface area contributed by atoms with Gasteiger partial charge in [0.05, 0.1) is 13.5 Å². The van der Waals surface area contributed by atoms with E-state index in [4.69, 9.17) is 21.4 Å². The summed E-state index contributed by atoms with van der Waals surface area (Å²) in [5, 5.41) is 15.3. The van der Waals surface area contributed by atoms with Crippen molar-refractivity contribution in [3.05, 3.63) is 101 Å². The number of pyridine rings is 1. The van der Waals surface area contributed by atoms with E-state index in [2.05, 4.69) is 27.8 Å². The Morgan fingerprint density at radius 3 is 2.19 bits per heavy atom. The molecule has 0 aliphatic rings. The van der Waals surface area contributed by atoms with Crippen LogP contribution >= 0.6 is 11.6 Å². The fraction of sp³-hybridized carbons (Fsp3) is 0.138. The molecule has 1 amide bonds.